The summed E-state index contributed by atoms with van der Waals surface area (Å²) in [5, 5.41) is 12.2. The normalized spacial score (nSPS) is 24.2. The van der Waals surface area contributed by atoms with Crippen LogP contribution in [-0.4, -0.2) is 30.8 Å². The van der Waals surface area contributed by atoms with E-state index in [4.69, 9.17) is 10.8 Å². The van der Waals surface area contributed by atoms with Crippen molar-refractivity contribution in [2.45, 2.75) is 44.2 Å². The van der Waals surface area contributed by atoms with E-state index >= 15 is 0 Å². The Hall–Kier alpha value is -0.120. The van der Waals surface area contributed by atoms with Crippen molar-refractivity contribution in [2.24, 2.45) is 11.7 Å². The summed E-state index contributed by atoms with van der Waals surface area (Å²) in [5.41, 5.74) is 5.85. The third kappa shape index (κ3) is 2.93. The Morgan fingerprint density at radius 3 is 2.46 bits per heavy atom. The lowest BCUT2D eigenvalue weighted by Crippen LogP contribution is -2.50. The van der Waals surface area contributed by atoms with Crippen LogP contribution in [0.15, 0.2) is 0 Å². The summed E-state index contributed by atoms with van der Waals surface area (Å²) in [6.07, 6.45) is 6.53. The number of hydrogen-bond acceptors (Lipinski definition) is 3. The molecular formula is C10H22N2O. The molecule has 1 rings (SSSR count). The lowest BCUT2D eigenvalue weighted by Gasteiger charge is -2.33. The molecule has 0 saturated heterocycles. The highest BCUT2D eigenvalue weighted by molar-refractivity contribution is 4.85. The molecule has 78 valence electrons. The predicted molar refractivity (Wildman–Crippen MR) is 54.5 cm³/mol. The summed E-state index contributed by atoms with van der Waals surface area (Å²) in [4.78, 5) is 0. The van der Waals surface area contributed by atoms with E-state index in [2.05, 4.69) is 5.32 Å². The van der Waals surface area contributed by atoms with Crippen LogP contribution in [0.3, 0.4) is 0 Å². The topological polar surface area (TPSA) is 58.3 Å². The van der Waals surface area contributed by atoms with Gasteiger partial charge in [0.15, 0.2) is 0 Å². The first kappa shape index (κ1) is 11.0. The fourth-order valence-electron chi connectivity index (χ4n) is 2.41. The third-order valence-corrected chi connectivity index (χ3v) is 3.16. The zero-order valence-corrected chi connectivity index (χ0v) is 8.50. The molecule has 0 aromatic heterocycles. The highest BCUT2D eigenvalue weighted by atomic mass is 16.3. The highest BCUT2D eigenvalue weighted by Gasteiger charge is 2.26. The minimum absolute atomic E-state index is 0.0853. The van der Waals surface area contributed by atoms with Crippen molar-refractivity contribution >= 4 is 0 Å². The molecule has 0 aliphatic heterocycles. The second-order valence-corrected chi connectivity index (χ2v) is 4.06. The first-order chi connectivity index (χ1) is 6.29. The molecule has 0 bridgehead atoms. The SMILES string of the molecule is CNC(C(N)CO)C1CCCCC1. The van der Waals surface area contributed by atoms with E-state index in [1.807, 2.05) is 7.05 Å². The lowest BCUT2D eigenvalue weighted by atomic mass is 9.81. The molecule has 1 aliphatic carbocycles. The van der Waals surface area contributed by atoms with Crippen molar-refractivity contribution in [1.29, 1.82) is 0 Å². The van der Waals surface area contributed by atoms with E-state index < -0.39 is 0 Å². The zero-order valence-electron chi connectivity index (χ0n) is 8.50. The van der Waals surface area contributed by atoms with Gasteiger partial charge < -0.3 is 16.2 Å². The maximum Gasteiger partial charge on any atom is 0.0597 e. The van der Waals surface area contributed by atoms with Crippen molar-refractivity contribution in [3.63, 3.8) is 0 Å². The third-order valence-electron chi connectivity index (χ3n) is 3.16. The molecule has 0 heterocycles. The van der Waals surface area contributed by atoms with E-state index in [1.165, 1.54) is 32.1 Å². The fraction of sp³-hybridized carbons (Fsp3) is 1.00. The van der Waals surface area contributed by atoms with Gasteiger partial charge in [-0.3, -0.25) is 0 Å². The average molecular weight is 186 g/mol. The van der Waals surface area contributed by atoms with E-state index in [0.717, 1.165) is 0 Å². The van der Waals surface area contributed by atoms with E-state index in [9.17, 15) is 0 Å². The van der Waals surface area contributed by atoms with Gasteiger partial charge in [0, 0.05) is 12.1 Å². The standard InChI is InChI=1S/C10H22N2O/c1-12-10(9(11)7-13)8-5-3-2-4-6-8/h8-10,12-13H,2-7,11H2,1H3. The molecule has 0 aromatic carbocycles. The molecular weight excluding hydrogens is 164 g/mol. The molecule has 0 amide bonds. The number of rotatable bonds is 4. The van der Waals surface area contributed by atoms with Crippen molar-refractivity contribution < 1.29 is 5.11 Å². The smallest absolute Gasteiger partial charge is 0.0597 e. The summed E-state index contributed by atoms with van der Waals surface area (Å²) in [6.45, 7) is 0.0853. The van der Waals surface area contributed by atoms with Gasteiger partial charge in [-0.25, -0.2) is 0 Å². The Morgan fingerprint density at radius 2 is 2.00 bits per heavy atom. The molecule has 3 heteroatoms. The average Bonchev–Trinajstić information content (AvgIpc) is 2.20. The zero-order chi connectivity index (χ0) is 9.68. The molecule has 1 aliphatic rings. The molecule has 3 nitrogen and oxygen atoms in total. The number of nitrogens with one attached hydrogen (secondary N) is 1. The largest absolute Gasteiger partial charge is 0.395 e. The molecule has 13 heavy (non-hydrogen) atoms. The Balaban J connectivity index is 2.43. The molecule has 1 saturated carbocycles. The van der Waals surface area contributed by atoms with Crippen LogP contribution in [0.4, 0.5) is 0 Å². The van der Waals surface area contributed by atoms with Crippen LogP contribution in [0.5, 0.6) is 0 Å². The number of aliphatic hydroxyl groups is 1. The van der Waals surface area contributed by atoms with Crippen LogP contribution in [0.2, 0.25) is 0 Å². The molecule has 0 aromatic rings. The van der Waals surface area contributed by atoms with Gasteiger partial charge in [0.1, 0.15) is 0 Å². The van der Waals surface area contributed by atoms with Gasteiger partial charge in [-0.1, -0.05) is 19.3 Å². The summed E-state index contributed by atoms with van der Waals surface area (Å²) in [7, 11) is 1.94. The molecule has 4 N–H and O–H groups in total. The first-order valence-corrected chi connectivity index (χ1v) is 5.33. The van der Waals surface area contributed by atoms with Crippen molar-refractivity contribution in [3.8, 4) is 0 Å². The van der Waals surface area contributed by atoms with E-state index in [0.29, 0.717) is 12.0 Å². The minimum Gasteiger partial charge on any atom is -0.395 e. The Bertz CT molecular complexity index is 135. The monoisotopic (exact) mass is 186 g/mol. The van der Waals surface area contributed by atoms with E-state index in [-0.39, 0.29) is 12.6 Å². The van der Waals surface area contributed by atoms with Crippen LogP contribution in [-0.2, 0) is 0 Å². The van der Waals surface area contributed by atoms with Gasteiger partial charge in [-0.15, -0.1) is 0 Å². The summed E-state index contributed by atoms with van der Waals surface area (Å²) in [6, 6.07) is 0.193. The maximum atomic E-state index is 9.00. The lowest BCUT2D eigenvalue weighted by molar-refractivity contribution is 0.187. The van der Waals surface area contributed by atoms with E-state index in [1.54, 1.807) is 0 Å². The molecule has 1 fully saturated rings. The number of aliphatic hydroxyl groups excluding tert-OH is 1. The van der Waals surface area contributed by atoms with Crippen LogP contribution < -0.4 is 11.1 Å². The second-order valence-electron chi connectivity index (χ2n) is 4.06. The molecule has 0 radical (unpaired) electrons. The number of nitrogens with two attached hydrogens (primary N) is 1. The number of likely N-dealkylation sites (N-methyl/N-ethyl adjacent to an activating group) is 1. The fourth-order valence-corrected chi connectivity index (χ4v) is 2.41. The van der Waals surface area contributed by atoms with Gasteiger partial charge in [-0.05, 0) is 25.8 Å². The van der Waals surface area contributed by atoms with Crippen LogP contribution in [0.1, 0.15) is 32.1 Å². The summed E-state index contributed by atoms with van der Waals surface area (Å²) in [5.74, 6) is 0.668. The van der Waals surface area contributed by atoms with Crippen LogP contribution in [0.25, 0.3) is 0 Å². The van der Waals surface area contributed by atoms with Crippen molar-refractivity contribution in [3.05, 3.63) is 0 Å². The number of hydrogen-bond donors (Lipinski definition) is 3. The summed E-state index contributed by atoms with van der Waals surface area (Å²) < 4.78 is 0. The van der Waals surface area contributed by atoms with Gasteiger partial charge in [-0.2, -0.15) is 0 Å². The van der Waals surface area contributed by atoms with Gasteiger partial charge in [0.05, 0.1) is 6.61 Å². The van der Waals surface area contributed by atoms with Crippen molar-refractivity contribution in [2.75, 3.05) is 13.7 Å². The second kappa shape index (κ2) is 5.58. The Labute approximate surface area is 80.7 Å². The van der Waals surface area contributed by atoms with Crippen LogP contribution in [0, 0.1) is 5.92 Å². The predicted octanol–water partition coefficient (Wildman–Crippen LogP) is 0.474. The summed E-state index contributed by atoms with van der Waals surface area (Å²) >= 11 is 0. The van der Waals surface area contributed by atoms with Gasteiger partial charge in [0.25, 0.3) is 0 Å². The van der Waals surface area contributed by atoms with Gasteiger partial charge in [0.2, 0.25) is 0 Å². The molecule has 0 spiro atoms. The van der Waals surface area contributed by atoms with Crippen molar-refractivity contribution in [1.82, 2.24) is 5.32 Å². The Morgan fingerprint density at radius 1 is 1.38 bits per heavy atom. The highest BCUT2D eigenvalue weighted by Crippen LogP contribution is 2.27. The van der Waals surface area contributed by atoms with Gasteiger partial charge >= 0.3 is 0 Å². The minimum atomic E-state index is -0.104. The Kier molecular flexibility index (Phi) is 4.70. The van der Waals surface area contributed by atoms with Crippen LogP contribution >= 0.6 is 0 Å². The maximum absolute atomic E-state index is 9.00. The molecule has 2 unspecified atom stereocenters. The first-order valence-electron chi connectivity index (χ1n) is 5.33. The quantitative estimate of drug-likeness (QED) is 0.598. The molecule has 2 atom stereocenters.